The smallest absolute Gasteiger partial charge is 0.228 e. The fraction of sp³-hybridized carbons (Fsp3) is 0.500. The lowest BCUT2D eigenvalue weighted by Crippen LogP contribution is -2.36. The molecule has 0 bridgehead atoms. The number of halogens is 3. The van der Waals surface area contributed by atoms with Gasteiger partial charge in [-0.2, -0.15) is 0 Å². The number of anilines is 1. The minimum atomic E-state index is -0.796. The fourth-order valence-electron chi connectivity index (χ4n) is 3.29. The summed E-state index contributed by atoms with van der Waals surface area (Å²) < 4.78 is 26.9. The van der Waals surface area contributed by atoms with E-state index in [-0.39, 0.29) is 42.9 Å². The van der Waals surface area contributed by atoms with Crippen LogP contribution < -0.4 is 10.6 Å². The highest BCUT2D eigenvalue weighted by Gasteiger charge is 2.39. The minimum Gasteiger partial charge on any atom is -0.342 e. The first-order valence-corrected chi connectivity index (χ1v) is 7.74. The quantitative estimate of drug-likeness (QED) is 0.890. The molecule has 0 spiro atoms. The zero-order chi connectivity index (χ0) is 16.6. The zero-order valence-electron chi connectivity index (χ0n) is 13.1. The summed E-state index contributed by atoms with van der Waals surface area (Å²) in [4.78, 5) is 27.6. The van der Waals surface area contributed by atoms with Crippen molar-refractivity contribution in [2.24, 2.45) is 17.6 Å². The number of carbonyl (C=O) groups is 2. The van der Waals surface area contributed by atoms with Gasteiger partial charge < -0.3 is 15.5 Å². The van der Waals surface area contributed by atoms with E-state index < -0.39 is 17.6 Å². The topological polar surface area (TPSA) is 66.6 Å². The lowest BCUT2D eigenvalue weighted by atomic mass is 10.1. The number of amides is 2. The fourth-order valence-corrected chi connectivity index (χ4v) is 3.29. The Balaban J connectivity index is 0.00000208. The third-order valence-electron chi connectivity index (χ3n) is 4.61. The highest BCUT2D eigenvalue weighted by Crippen LogP contribution is 2.30. The lowest BCUT2D eigenvalue weighted by Gasteiger charge is -2.21. The Morgan fingerprint density at radius 2 is 2.04 bits per heavy atom. The van der Waals surface area contributed by atoms with Crippen LogP contribution >= 0.6 is 12.4 Å². The molecule has 1 aromatic carbocycles. The molecule has 2 fully saturated rings. The van der Waals surface area contributed by atoms with Crippen molar-refractivity contribution < 1.29 is 18.4 Å². The van der Waals surface area contributed by atoms with Gasteiger partial charge in [0.25, 0.3) is 0 Å². The standard InChI is InChI=1S/C16H19F2N3O2.ClH/c17-12-1-2-14(13(18)6-12)21-9-11(5-15(21)22)16(23)20-4-3-10(7-19)8-20;/h1-2,6,10-11H,3-5,7-9,19H2;1H. The lowest BCUT2D eigenvalue weighted by molar-refractivity contribution is -0.134. The molecule has 0 radical (unpaired) electrons. The molecule has 0 aliphatic carbocycles. The summed E-state index contributed by atoms with van der Waals surface area (Å²) in [5, 5.41) is 0. The predicted molar refractivity (Wildman–Crippen MR) is 87.8 cm³/mol. The van der Waals surface area contributed by atoms with E-state index in [1.807, 2.05) is 0 Å². The van der Waals surface area contributed by atoms with Crippen molar-refractivity contribution in [3.8, 4) is 0 Å². The number of benzene rings is 1. The molecule has 2 aliphatic rings. The van der Waals surface area contributed by atoms with Crippen molar-refractivity contribution in [3.05, 3.63) is 29.8 Å². The first-order chi connectivity index (χ1) is 11.0. The Morgan fingerprint density at radius 1 is 1.29 bits per heavy atom. The molecule has 0 saturated carbocycles. The van der Waals surface area contributed by atoms with Gasteiger partial charge in [0, 0.05) is 32.1 Å². The van der Waals surface area contributed by atoms with Crippen molar-refractivity contribution in [2.75, 3.05) is 31.1 Å². The molecule has 2 amide bonds. The van der Waals surface area contributed by atoms with Crippen molar-refractivity contribution in [2.45, 2.75) is 12.8 Å². The van der Waals surface area contributed by atoms with E-state index in [2.05, 4.69) is 0 Å². The number of nitrogens with zero attached hydrogens (tertiary/aromatic N) is 2. The Kier molecular flexibility index (Phi) is 5.77. The normalized spacial score (nSPS) is 23.5. The van der Waals surface area contributed by atoms with Crippen LogP contribution in [0.3, 0.4) is 0 Å². The van der Waals surface area contributed by atoms with Crippen molar-refractivity contribution in [3.63, 3.8) is 0 Å². The third kappa shape index (κ3) is 3.52. The van der Waals surface area contributed by atoms with Crippen LogP contribution in [-0.4, -0.2) is 42.9 Å². The first kappa shape index (κ1) is 18.6. The summed E-state index contributed by atoms with van der Waals surface area (Å²) in [6, 6.07) is 3.08. The molecule has 2 aliphatic heterocycles. The highest BCUT2D eigenvalue weighted by atomic mass is 35.5. The summed E-state index contributed by atoms with van der Waals surface area (Å²) in [5.41, 5.74) is 5.65. The average Bonchev–Trinajstić information content (AvgIpc) is 3.13. The molecule has 2 unspecified atom stereocenters. The van der Waals surface area contributed by atoms with Crippen molar-refractivity contribution >= 4 is 29.9 Å². The van der Waals surface area contributed by atoms with Gasteiger partial charge in [-0.15, -0.1) is 12.4 Å². The van der Waals surface area contributed by atoms with E-state index in [0.717, 1.165) is 18.6 Å². The number of rotatable bonds is 3. The number of likely N-dealkylation sites (tertiary alicyclic amines) is 1. The Bertz CT molecular complexity index is 644. The van der Waals surface area contributed by atoms with Gasteiger partial charge in [0.1, 0.15) is 11.6 Å². The van der Waals surface area contributed by atoms with Gasteiger partial charge in [-0.1, -0.05) is 0 Å². The van der Waals surface area contributed by atoms with Gasteiger partial charge >= 0.3 is 0 Å². The molecule has 3 rings (SSSR count). The number of carbonyl (C=O) groups excluding carboxylic acids is 2. The van der Waals surface area contributed by atoms with E-state index in [9.17, 15) is 18.4 Å². The van der Waals surface area contributed by atoms with Crippen LogP contribution in [0.25, 0.3) is 0 Å². The number of nitrogens with two attached hydrogens (primary N) is 1. The summed E-state index contributed by atoms with van der Waals surface area (Å²) in [6.45, 7) is 1.94. The molecule has 8 heteroatoms. The average molecular weight is 360 g/mol. The SMILES string of the molecule is Cl.NCC1CCN(C(=O)C2CC(=O)N(c3ccc(F)cc3F)C2)C1. The Hall–Kier alpha value is -1.73. The summed E-state index contributed by atoms with van der Waals surface area (Å²) >= 11 is 0. The molecule has 1 aromatic rings. The van der Waals surface area contributed by atoms with Gasteiger partial charge in [0.2, 0.25) is 11.8 Å². The van der Waals surface area contributed by atoms with Crippen LogP contribution in [0.15, 0.2) is 18.2 Å². The Labute approximate surface area is 145 Å². The number of hydrogen-bond donors (Lipinski definition) is 1. The second kappa shape index (κ2) is 7.44. The second-order valence-electron chi connectivity index (χ2n) is 6.18. The molecule has 2 heterocycles. The second-order valence-corrected chi connectivity index (χ2v) is 6.18. The highest BCUT2D eigenvalue weighted by molar-refractivity contribution is 6.00. The van der Waals surface area contributed by atoms with Crippen LogP contribution in [0, 0.1) is 23.5 Å². The molecule has 2 saturated heterocycles. The molecule has 5 nitrogen and oxygen atoms in total. The van der Waals surface area contributed by atoms with Crippen molar-refractivity contribution in [1.29, 1.82) is 0 Å². The van der Waals surface area contributed by atoms with E-state index >= 15 is 0 Å². The van der Waals surface area contributed by atoms with Gasteiger partial charge in [-0.25, -0.2) is 8.78 Å². The van der Waals surface area contributed by atoms with E-state index in [1.54, 1.807) is 4.90 Å². The van der Waals surface area contributed by atoms with Crippen LogP contribution in [0.1, 0.15) is 12.8 Å². The van der Waals surface area contributed by atoms with Crippen LogP contribution in [0.2, 0.25) is 0 Å². The van der Waals surface area contributed by atoms with Gasteiger partial charge in [-0.3, -0.25) is 9.59 Å². The summed E-state index contributed by atoms with van der Waals surface area (Å²) in [6.07, 6.45) is 0.929. The summed E-state index contributed by atoms with van der Waals surface area (Å²) in [5.74, 6) is -2.07. The van der Waals surface area contributed by atoms with Gasteiger partial charge in [0.05, 0.1) is 11.6 Å². The summed E-state index contributed by atoms with van der Waals surface area (Å²) in [7, 11) is 0. The minimum absolute atomic E-state index is 0. The molecule has 2 N–H and O–H groups in total. The van der Waals surface area contributed by atoms with Crippen LogP contribution in [-0.2, 0) is 9.59 Å². The molecular formula is C16H20ClF2N3O2. The number of hydrogen-bond acceptors (Lipinski definition) is 3. The van der Waals surface area contributed by atoms with E-state index in [0.29, 0.717) is 25.6 Å². The predicted octanol–water partition coefficient (Wildman–Crippen LogP) is 1.55. The first-order valence-electron chi connectivity index (χ1n) is 7.74. The largest absolute Gasteiger partial charge is 0.342 e. The zero-order valence-corrected chi connectivity index (χ0v) is 13.9. The van der Waals surface area contributed by atoms with E-state index in [1.165, 1.54) is 11.0 Å². The van der Waals surface area contributed by atoms with Gasteiger partial charge in [0.15, 0.2) is 0 Å². The van der Waals surface area contributed by atoms with Crippen LogP contribution in [0.4, 0.5) is 14.5 Å². The van der Waals surface area contributed by atoms with Crippen LogP contribution in [0.5, 0.6) is 0 Å². The monoisotopic (exact) mass is 359 g/mol. The maximum atomic E-state index is 13.9. The van der Waals surface area contributed by atoms with Gasteiger partial charge in [-0.05, 0) is 31.0 Å². The molecule has 0 aromatic heterocycles. The maximum Gasteiger partial charge on any atom is 0.228 e. The molecular weight excluding hydrogens is 340 g/mol. The van der Waals surface area contributed by atoms with Crippen molar-refractivity contribution in [1.82, 2.24) is 4.90 Å². The molecule has 132 valence electrons. The maximum absolute atomic E-state index is 13.9. The molecule has 2 atom stereocenters. The molecule has 24 heavy (non-hydrogen) atoms. The Morgan fingerprint density at radius 3 is 2.67 bits per heavy atom. The third-order valence-corrected chi connectivity index (χ3v) is 4.61. The van der Waals surface area contributed by atoms with E-state index in [4.69, 9.17) is 5.73 Å².